The van der Waals surface area contributed by atoms with Gasteiger partial charge in [-0.2, -0.15) is 0 Å². The number of methoxy groups -OCH3 is 1. The molecule has 0 spiro atoms. The number of furan rings is 1. The molecule has 1 N–H and O–H groups in total. The molecule has 170 valence electrons. The molecule has 6 nitrogen and oxygen atoms in total. The minimum atomic E-state index is -0.744. The zero-order chi connectivity index (χ0) is 23.8. The molecule has 2 aromatic carbocycles. The predicted octanol–water partition coefficient (Wildman–Crippen LogP) is 5.21. The molecule has 0 radical (unpaired) electrons. The van der Waals surface area contributed by atoms with Gasteiger partial charge in [-0.25, -0.2) is 0 Å². The summed E-state index contributed by atoms with van der Waals surface area (Å²) in [5.74, 6) is -0.439. The van der Waals surface area contributed by atoms with Gasteiger partial charge in [0.05, 0.1) is 31.5 Å². The van der Waals surface area contributed by atoms with Crippen molar-refractivity contribution < 1.29 is 23.8 Å². The van der Waals surface area contributed by atoms with Crippen LogP contribution in [-0.2, 0) is 21.5 Å². The molecule has 1 atom stereocenters. The summed E-state index contributed by atoms with van der Waals surface area (Å²) in [5.41, 5.74) is 2.31. The van der Waals surface area contributed by atoms with E-state index in [1.54, 1.807) is 43.5 Å². The summed E-state index contributed by atoms with van der Waals surface area (Å²) < 4.78 is 10.6. The van der Waals surface area contributed by atoms with Crippen molar-refractivity contribution in [3.63, 3.8) is 0 Å². The summed E-state index contributed by atoms with van der Waals surface area (Å²) in [5, 5.41) is 11.1. The molecule has 1 amide bonds. The lowest BCUT2D eigenvalue weighted by molar-refractivity contribution is -0.140. The van der Waals surface area contributed by atoms with Crippen LogP contribution < -0.4 is 4.74 Å². The van der Waals surface area contributed by atoms with Crippen LogP contribution in [0.5, 0.6) is 5.75 Å². The first kappa shape index (κ1) is 22.4. The Hall–Kier alpha value is -3.80. The van der Waals surface area contributed by atoms with Gasteiger partial charge in [-0.1, -0.05) is 45.0 Å². The van der Waals surface area contributed by atoms with Crippen molar-refractivity contribution in [2.24, 2.45) is 0 Å². The van der Waals surface area contributed by atoms with Gasteiger partial charge in [0, 0.05) is 5.56 Å². The SMILES string of the molecule is COc1ccc(C(O)=C2C(=O)C(=O)N(Cc3ccco3)[C@H]2c2ccc(C(C)(C)C)cc2)cc1. The molecule has 1 aliphatic heterocycles. The minimum absolute atomic E-state index is 0.0440. The van der Waals surface area contributed by atoms with E-state index in [0.29, 0.717) is 17.1 Å². The molecule has 2 heterocycles. The second kappa shape index (κ2) is 8.62. The van der Waals surface area contributed by atoms with Crippen LogP contribution in [-0.4, -0.2) is 28.8 Å². The quantitative estimate of drug-likeness (QED) is 0.331. The minimum Gasteiger partial charge on any atom is -0.507 e. The Balaban J connectivity index is 1.83. The molecule has 0 unspecified atom stereocenters. The standard InChI is InChI=1S/C27H27NO5/c1-27(2,3)19-11-7-17(8-12-19)23-22(24(29)18-9-13-20(32-4)14-10-18)25(30)26(31)28(23)16-21-6-5-15-33-21/h5-15,23,29H,16H2,1-4H3/t23-/m0/s1. The predicted molar refractivity (Wildman–Crippen MR) is 125 cm³/mol. The average molecular weight is 446 g/mol. The number of rotatable bonds is 5. The Bertz CT molecular complexity index is 1180. The third-order valence-electron chi connectivity index (χ3n) is 5.90. The molecule has 3 aromatic rings. The first-order chi connectivity index (χ1) is 15.7. The number of amides is 1. The lowest BCUT2D eigenvalue weighted by atomic mass is 9.85. The number of benzene rings is 2. The number of likely N-dealkylation sites (tertiary alicyclic amines) is 1. The zero-order valence-corrected chi connectivity index (χ0v) is 19.2. The fraction of sp³-hybridized carbons (Fsp3) is 0.259. The Morgan fingerprint density at radius 2 is 1.70 bits per heavy atom. The molecular formula is C27H27NO5. The van der Waals surface area contributed by atoms with Crippen molar-refractivity contribution in [3.05, 3.63) is 95.0 Å². The zero-order valence-electron chi connectivity index (χ0n) is 19.2. The number of ether oxygens (including phenoxy) is 1. The average Bonchev–Trinajstić information content (AvgIpc) is 3.40. The van der Waals surface area contributed by atoms with E-state index in [9.17, 15) is 14.7 Å². The van der Waals surface area contributed by atoms with Gasteiger partial charge in [0.1, 0.15) is 17.3 Å². The molecule has 1 fully saturated rings. The monoisotopic (exact) mass is 445 g/mol. The van der Waals surface area contributed by atoms with Crippen molar-refractivity contribution in [2.45, 2.75) is 38.8 Å². The second-order valence-corrected chi connectivity index (χ2v) is 9.11. The van der Waals surface area contributed by atoms with E-state index >= 15 is 0 Å². The summed E-state index contributed by atoms with van der Waals surface area (Å²) in [4.78, 5) is 27.6. The smallest absolute Gasteiger partial charge is 0.296 e. The van der Waals surface area contributed by atoms with E-state index in [4.69, 9.17) is 9.15 Å². The summed E-state index contributed by atoms with van der Waals surface area (Å²) >= 11 is 0. The fourth-order valence-electron chi connectivity index (χ4n) is 4.03. The van der Waals surface area contributed by atoms with Crippen molar-refractivity contribution in [1.82, 2.24) is 4.90 Å². The van der Waals surface area contributed by atoms with Crippen LogP contribution in [0.15, 0.2) is 76.9 Å². The van der Waals surface area contributed by atoms with E-state index in [1.165, 1.54) is 11.2 Å². The first-order valence-electron chi connectivity index (χ1n) is 10.8. The molecule has 6 heteroatoms. The number of aliphatic hydroxyl groups excluding tert-OH is 1. The van der Waals surface area contributed by atoms with Crippen molar-refractivity contribution >= 4 is 17.4 Å². The Morgan fingerprint density at radius 1 is 1.03 bits per heavy atom. The van der Waals surface area contributed by atoms with E-state index in [-0.39, 0.29) is 23.3 Å². The number of hydrogen-bond acceptors (Lipinski definition) is 5. The number of carbonyl (C=O) groups is 2. The second-order valence-electron chi connectivity index (χ2n) is 9.11. The van der Waals surface area contributed by atoms with Gasteiger partial charge in [-0.15, -0.1) is 0 Å². The normalized spacial score (nSPS) is 18.1. The lowest BCUT2D eigenvalue weighted by Crippen LogP contribution is -2.29. The maximum Gasteiger partial charge on any atom is 0.296 e. The number of ketones is 1. The number of Topliss-reactive ketones (excluding diaryl/α,β-unsaturated/α-hetero) is 1. The van der Waals surface area contributed by atoms with Gasteiger partial charge in [0.15, 0.2) is 0 Å². The molecule has 0 aliphatic carbocycles. The van der Waals surface area contributed by atoms with Crippen LogP contribution in [0, 0.1) is 0 Å². The highest BCUT2D eigenvalue weighted by Gasteiger charge is 2.46. The van der Waals surface area contributed by atoms with Crippen molar-refractivity contribution in [2.75, 3.05) is 7.11 Å². The summed E-state index contributed by atoms with van der Waals surface area (Å²) in [6.45, 7) is 6.47. The highest BCUT2D eigenvalue weighted by atomic mass is 16.5. The van der Waals surface area contributed by atoms with Gasteiger partial charge < -0.3 is 19.2 Å². The molecule has 4 rings (SSSR count). The van der Waals surface area contributed by atoms with E-state index < -0.39 is 17.7 Å². The van der Waals surface area contributed by atoms with Crippen LogP contribution in [0.2, 0.25) is 0 Å². The molecule has 1 aromatic heterocycles. The summed E-state index contributed by atoms with van der Waals surface area (Å²) in [7, 11) is 1.55. The number of hydrogen-bond donors (Lipinski definition) is 1. The fourth-order valence-corrected chi connectivity index (χ4v) is 4.03. The Kier molecular flexibility index (Phi) is 5.85. The Morgan fingerprint density at radius 3 is 2.24 bits per heavy atom. The molecule has 0 saturated carbocycles. The van der Waals surface area contributed by atoms with E-state index in [2.05, 4.69) is 20.8 Å². The van der Waals surface area contributed by atoms with Crippen LogP contribution in [0.4, 0.5) is 0 Å². The van der Waals surface area contributed by atoms with Crippen LogP contribution in [0.25, 0.3) is 5.76 Å². The molecule has 33 heavy (non-hydrogen) atoms. The third-order valence-corrected chi connectivity index (χ3v) is 5.90. The number of carbonyl (C=O) groups excluding carboxylic acids is 2. The molecule has 0 bridgehead atoms. The molecule has 1 saturated heterocycles. The number of nitrogens with zero attached hydrogens (tertiary/aromatic N) is 1. The van der Waals surface area contributed by atoms with Crippen molar-refractivity contribution in [1.29, 1.82) is 0 Å². The Labute approximate surface area is 193 Å². The van der Waals surface area contributed by atoms with Gasteiger partial charge in [0.25, 0.3) is 11.7 Å². The van der Waals surface area contributed by atoms with Crippen molar-refractivity contribution in [3.8, 4) is 5.75 Å². The molecular weight excluding hydrogens is 418 g/mol. The van der Waals surface area contributed by atoms with Gasteiger partial charge in [-0.05, 0) is 52.9 Å². The van der Waals surface area contributed by atoms with Crippen LogP contribution in [0.3, 0.4) is 0 Å². The maximum atomic E-state index is 13.1. The highest BCUT2D eigenvalue weighted by Crippen LogP contribution is 2.41. The number of aliphatic hydroxyl groups is 1. The van der Waals surface area contributed by atoms with E-state index in [1.807, 2.05) is 24.3 Å². The summed E-state index contributed by atoms with van der Waals surface area (Å²) in [6, 6.07) is 17.3. The van der Waals surface area contributed by atoms with E-state index in [0.717, 1.165) is 11.1 Å². The van der Waals surface area contributed by atoms with Gasteiger partial charge in [0.2, 0.25) is 0 Å². The third kappa shape index (κ3) is 4.29. The topological polar surface area (TPSA) is 80.0 Å². The first-order valence-corrected chi connectivity index (χ1v) is 10.8. The maximum absolute atomic E-state index is 13.1. The van der Waals surface area contributed by atoms with Gasteiger partial charge in [-0.3, -0.25) is 9.59 Å². The van der Waals surface area contributed by atoms with Crippen LogP contribution in [0.1, 0.15) is 49.3 Å². The largest absolute Gasteiger partial charge is 0.507 e. The highest BCUT2D eigenvalue weighted by molar-refractivity contribution is 6.46. The summed E-state index contributed by atoms with van der Waals surface area (Å²) in [6.07, 6.45) is 1.52. The van der Waals surface area contributed by atoms with Gasteiger partial charge >= 0.3 is 0 Å². The molecule has 1 aliphatic rings. The van der Waals surface area contributed by atoms with Crippen LogP contribution >= 0.6 is 0 Å². The lowest BCUT2D eigenvalue weighted by Gasteiger charge is -2.26.